The summed E-state index contributed by atoms with van der Waals surface area (Å²) >= 11 is 0. The zero-order valence-electron chi connectivity index (χ0n) is 10.3. The topological polar surface area (TPSA) is 102 Å². The molecule has 0 aliphatic carbocycles. The summed E-state index contributed by atoms with van der Waals surface area (Å²) in [6, 6.07) is 6.20. The van der Waals surface area contributed by atoms with Crippen molar-refractivity contribution < 1.29 is 18.6 Å². The molecule has 1 aromatic carbocycles. The number of hydrogen-bond donors (Lipinski definition) is 2. The fourth-order valence-electron chi connectivity index (χ4n) is 2.00. The molecule has 0 bridgehead atoms. The van der Waals surface area contributed by atoms with E-state index in [2.05, 4.69) is 0 Å². The van der Waals surface area contributed by atoms with Gasteiger partial charge in [0.05, 0.1) is 28.7 Å². The normalized spacial score (nSPS) is 24.3. The lowest BCUT2D eigenvalue weighted by atomic mass is 10.1. The summed E-state index contributed by atoms with van der Waals surface area (Å²) in [5.41, 5.74) is 0.990. The first kappa shape index (κ1) is 14.0. The van der Waals surface area contributed by atoms with Crippen LogP contribution < -0.4 is 0 Å². The maximum Gasteiger partial charge on any atom is 0.243 e. The average molecular weight is 282 g/mol. The summed E-state index contributed by atoms with van der Waals surface area (Å²) in [6.07, 6.45) is -2.12. The van der Waals surface area contributed by atoms with Crippen molar-refractivity contribution in [3.05, 3.63) is 29.3 Å². The minimum Gasteiger partial charge on any atom is -0.389 e. The first-order valence-corrected chi connectivity index (χ1v) is 7.17. The molecule has 102 valence electrons. The molecule has 1 heterocycles. The standard InChI is InChI=1S/C12H14N2O4S/c1-8-4-10(3-2-9(8)5-13)19(17,18)14-6-11(15)12(16)7-14/h2-4,11-12,15-16H,6-7H2,1H3/t11-,12+. The number of nitrogens with zero attached hydrogens (tertiary/aromatic N) is 2. The van der Waals surface area contributed by atoms with Crippen molar-refractivity contribution in [2.24, 2.45) is 0 Å². The number of benzene rings is 1. The van der Waals surface area contributed by atoms with Gasteiger partial charge >= 0.3 is 0 Å². The van der Waals surface area contributed by atoms with Gasteiger partial charge in [0.25, 0.3) is 0 Å². The number of sulfonamides is 1. The minimum atomic E-state index is -3.75. The highest BCUT2D eigenvalue weighted by atomic mass is 32.2. The number of nitriles is 1. The molecule has 0 amide bonds. The smallest absolute Gasteiger partial charge is 0.243 e. The molecule has 2 rings (SSSR count). The molecule has 2 atom stereocenters. The molecular formula is C12H14N2O4S. The van der Waals surface area contributed by atoms with Crippen LogP contribution in [0.5, 0.6) is 0 Å². The Morgan fingerprint density at radius 1 is 1.32 bits per heavy atom. The third-order valence-corrected chi connectivity index (χ3v) is 5.01. The Labute approximate surface area is 111 Å². The van der Waals surface area contributed by atoms with Gasteiger partial charge in [-0.25, -0.2) is 8.42 Å². The second-order valence-corrected chi connectivity index (χ2v) is 6.48. The van der Waals surface area contributed by atoms with Crippen molar-refractivity contribution in [3.63, 3.8) is 0 Å². The van der Waals surface area contributed by atoms with Crippen LogP contribution in [0.2, 0.25) is 0 Å². The van der Waals surface area contributed by atoms with Gasteiger partial charge in [-0.15, -0.1) is 0 Å². The monoisotopic (exact) mass is 282 g/mol. The van der Waals surface area contributed by atoms with Crippen molar-refractivity contribution in [2.75, 3.05) is 13.1 Å². The Morgan fingerprint density at radius 2 is 1.89 bits per heavy atom. The minimum absolute atomic E-state index is 0.0605. The predicted molar refractivity (Wildman–Crippen MR) is 66.7 cm³/mol. The lowest BCUT2D eigenvalue weighted by Crippen LogP contribution is -2.30. The number of aliphatic hydroxyl groups is 2. The fourth-order valence-corrected chi connectivity index (χ4v) is 3.56. The third kappa shape index (κ3) is 2.48. The van der Waals surface area contributed by atoms with Gasteiger partial charge in [-0.05, 0) is 30.7 Å². The molecule has 1 fully saturated rings. The van der Waals surface area contributed by atoms with E-state index in [1.165, 1.54) is 18.2 Å². The predicted octanol–water partition coefficient (Wildman–Crippen LogP) is -0.407. The lowest BCUT2D eigenvalue weighted by Gasteiger charge is -2.16. The summed E-state index contributed by atoms with van der Waals surface area (Å²) in [5.74, 6) is 0. The van der Waals surface area contributed by atoms with Crippen LogP contribution in [-0.4, -0.2) is 48.2 Å². The van der Waals surface area contributed by atoms with E-state index in [0.717, 1.165) is 4.31 Å². The zero-order chi connectivity index (χ0) is 14.2. The molecule has 19 heavy (non-hydrogen) atoms. The summed E-state index contributed by atoms with van der Waals surface area (Å²) in [7, 11) is -3.75. The van der Waals surface area contributed by atoms with E-state index in [4.69, 9.17) is 5.26 Å². The van der Waals surface area contributed by atoms with Crippen molar-refractivity contribution >= 4 is 10.0 Å². The largest absolute Gasteiger partial charge is 0.389 e. The molecule has 0 radical (unpaired) electrons. The van der Waals surface area contributed by atoms with Gasteiger partial charge in [-0.3, -0.25) is 0 Å². The van der Waals surface area contributed by atoms with Gasteiger partial charge in [0.1, 0.15) is 0 Å². The highest BCUT2D eigenvalue weighted by molar-refractivity contribution is 7.89. The molecule has 1 aromatic rings. The second kappa shape index (κ2) is 4.90. The van der Waals surface area contributed by atoms with Gasteiger partial charge in [0.2, 0.25) is 10.0 Å². The van der Waals surface area contributed by atoms with Crippen LogP contribution in [-0.2, 0) is 10.0 Å². The van der Waals surface area contributed by atoms with Crippen LogP contribution in [0.25, 0.3) is 0 Å². The number of aryl methyl sites for hydroxylation is 1. The molecule has 1 aliphatic heterocycles. The van der Waals surface area contributed by atoms with Crippen LogP contribution in [0.1, 0.15) is 11.1 Å². The molecule has 1 aliphatic rings. The number of hydrogen-bond acceptors (Lipinski definition) is 5. The molecule has 6 nitrogen and oxygen atoms in total. The molecule has 1 saturated heterocycles. The Bertz CT molecular complexity index is 626. The molecular weight excluding hydrogens is 268 g/mol. The molecule has 0 unspecified atom stereocenters. The van der Waals surface area contributed by atoms with E-state index in [9.17, 15) is 18.6 Å². The molecule has 7 heteroatoms. The SMILES string of the molecule is Cc1cc(S(=O)(=O)N2C[C@@H](O)[C@@H](O)C2)ccc1C#N. The van der Waals surface area contributed by atoms with Crippen molar-refractivity contribution in [2.45, 2.75) is 24.0 Å². The Morgan fingerprint density at radius 3 is 2.37 bits per heavy atom. The van der Waals surface area contributed by atoms with Crippen LogP contribution in [0.4, 0.5) is 0 Å². The van der Waals surface area contributed by atoms with Crippen LogP contribution in [0.3, 0.4) is 0 Å². The number of rotatable bonds is 2. The molecule has 0 saturated carbocycles. The third-order valence-electron chi connectivity index (χ3n) is 3.18. The van der Waals surface area contributed by atoms with E-state index < -0.39 is 22.2 Å². The maximum absolute atomic E-state index is 12.3. The molecule has 0 spiro atoms. The van der Waals surface area contributed by atoms with E-state index >= 15 is 0 Å². The van der Waals surface area contributed by atoms with Crippen molar-refractivity contribution in [3.8, 4) is 6.07 Å². The fraction of sp³-hybridized carbons (Fsp3) is 0.417. The highest BCUT2D eigenvalue weighted by Crippen LogP contribution is 2.23. The highest BCUT2D eigenvalue weighted by Gasteiger charge is 2.37. The summed E-state index contributed by atoms with van der Waals surface area (Å²) in [6.45, 7) is 1.41. The molecule has 0 aromatic heterocycles. The summed E-state index contributed by atoms with van der Waals surface area (Å²) < 4.78 is 25.6. The Kier molecular flexibility index (Phi) is 3.60. The van der Waals surface area contributed by atoms with E-state index in [1.807, 2.05) is 6.07 Å². The average Bonchev–Trinajstić information content (AvgIpc) is 2.70. The lowest BCUT2D eigenvalue weighted by molar-refractivity contribution is 0.0572. The Balaban J connectivity index is 2.36. The quantitative estimate of drug-likeness (QED) is 0.768. The van der Waals surface area contributed by atoms with Gasteiger partial charge in [-0.2, -0.15) is 9.57 Å². The van der Waals surface area contributed by atoms with Gasteiger partial charge in [0, 0.05) is 13.1 Å². The van der Waals surface area contributed by atoms with E-state index in [1.54, 1.807) is 6.92 Å². The van der Waals surface area contributed by atoms with E-state index in [0.29, 0.717) is 11.1 Å². The van der Waals surface area contributed by atoms with E-state index in [-0.39, 0.29) is 18.0 Å². The number of β-amino-alcohol motifs (C(OH)–C–C–N with tert-alkyl or cyclic N) is 2. The second-order valence-electron chi connectivity index (χ2n) is 4.55. The maximum atomic E-state index is 12.3. The van der Waals surface area contributed by atoms with Crippen molar-refractivity contribution in [1.82, 2.24) is 4.31 Å². The van der Waals surface area contributed by atoms with Crippen LogP contribution in [0, 0.1) is 18.3 Å². The summed E-state index contributed by atoms with van der Waals surface area (Å²) in [5, 5.41) is 27.6. The van der Waals surface area contributed by atoms with Gasteiger partial charge in [0.15, 0.2) is 0 Å². The van der Waals surface area contributed by atoms with Crippen LogP contribution in [0.15, 0.2) is 23.1 Å². The van der Waals surface area contributed by atoms with Gasteiger partial charge in [-0.1, -0.05) is 0 Å². The number of aliphatic hydroxyl groups excluding tert-OH is 2. The molecule has 2 N–H and O–H groups in total. The first-order valence-electron chi connectivity index (χ1n) is 5.73. The summed E-state index contributed by atoms with van der Waals surface area (Å²) in [4.78, 5) is 0.0605. The van der Waals surface area contributed by atoms with Crippen molar-refractivity contribution in [1.29, 1.82) is 5.26 Å². The Hall–Kier alpha value is -1.46. The zero-order valence-corrected chi connectivity index (χ0v) is 11.1. The first-order chi connectivity index (χ1) is 8.86. The van der Waals surface area contributed by atoms with Gasteiger partial charge < -0.3 is 10.2 Å². The van der Waals surface area contributed by atoms with Crippen LogP contribution >= 0.6 is 0 Å².